The zero-order valence-corrected chi connectivity index (χ0v) is 24.1. The van der Waals surface area contributed by atoms with Gasteiger partial charge in [0.05, 0.1) is 45.3 Å². The summed E-state index contributed by atoms with van der Waals surface area (Å²) in [4.78, 5) is 34.5. The van der Waals surface area contributed by atoms with Gasteiger partial charge in [0.25, 0.3) is 0 Å². The van der Waals surface area contributed by atoms with Gasteiger partial charge >= 0.3 is 0 Å². The topological polar surface area (TPSA) is 107 Å². The Hall–Kier alpha value is -6.02. The van der Waals surface area contributed by atoms with Gasteiger partial charge in [0, 0.05) is 12.4 Å². The molecule has 4 aliphatic rings. The lowest BCUT2D eigenvalue weighted by Gasteiger charge is -2.10. The van der Waals surface area contributed by atoms with Crippen LogP contribution < -0.4 is 21.3 Å². The summed E-state index contributed by atoms with van der Waals surface area (Å²) >= 11 is 0. The molecule has 44 heavy (non-hydrogen) atoms. The number of carbonyl (C=O) groups excluding carboxylic acids is 2. The predicted molar refractivity (Wildman–Crippen MR) is 177 cm³/mol. The number of aliphatic imine (C=N–C) groups is 2. The SMILES string of the molecule is Cc1ccc2c(c1)NC(=C1C=C(N=Cc3ccc(C=NC4=CC(=C5Nc6ccc(C)cc6N5)C(=O)C=C4)cc3)C=CC1=O)N2. The summed E-state index contributed by atoms with van der Waals surface area (Å²) in [6.45, 7) is 4.06. The van der Waals surface area contributed by atoms with Crippen LogP contribution in [-0.2, 0) is 9.59 Å². The van der Waals surface area contributed by atoms with E-state index in [9.17, 15) is 9.59 Å². The minimum Gasteiger partial charge on any atom is -0.339 e. The van der Waals surface area contributed by atoms with Crippen molar-refractivity contribution in [3.05, 3.63) is 154 Å². The van der Waals surface area contributed by atoms with E-state index in [4.69, 9.17) is 0 Å². The van der Waals surface area contributed by atoms with E-state index in [2.05, 4.69) is 31.3 Å². The monoisotopic (exact) mass is 576 g/mol. The molecule has 3 aromatic carbocycles. The second-order valence-corrected chi connectivity index (χ2v) is 10.9. The maximum Gasteiger partial charge on any atom is 0.189 e. The van der Waals surface area contributed by atoms with Crippen LogP contribution in [0.4, 0.5) is 22.7 Å². The zero-order chi connectivity index (χ0) is 30.2. The van der Waals surface area contributed by atoms with E-state index in [0.29, 0.717) is 34.2 Å². The zero-order valence-electron chi connectivity index (χ0n) is 24.1. The minimum atomic E-state index is -0.0846. The lowest BCUT2D eigenvalue weighted by atomic mass is 10.0. The molecule has 0 saturated carbocycles. The van der Waals surface area contributed by atoms with Crippen LogP contribution in [0, 0.1) is 13.8 Å². The quantitative estimate of drug-likeness (QED) is 0.204. The molecule has 0 radical (unpaired) electrons. The molecule has 7 rings (SSSR count). The highest BCUT2D eigenvalue weighted by molar-refractivity contribution is 6.10. The molecular weight excluding hydrogens is 548 g/mol. The Morgan fingerprint density at radius 3 is 1.36 bits per heavy atom. The Morgan fingerprint density at radius 1 is 0.523 bits per heavy atom. The van der Waals surface area contributed by atoms with Crippen molar-refractivity contribution in [3.8, 4) is 0 Å². The minimum absolute atomic E-state index is 0.0846. The number of anilines is 4. The summed E-state index contributed by atoms with van der Waals surface area (Å²) < 4.78 is 0. The number of aryl methyl sites for hydroxylation is 2. The van der Waals surface area contributed by atoms with Gasteiger partial charge < -0.3 is 21.3 Å². The molecule has 0 amide bonds. The highest BCUT2D eigenvalue weighted by Gasteiger charge is 2.23. The second kappa shape index (κ2) is 11.0. The number of hydrogen-bond acceptors (Lipinski definition) is 8. The van der Waals surface area contributed by atoms with Crippen LogP contribution in [0.3, 0.4) is 0 Å². The summed E-state index contributed by atoms with van der Waals surface area (Å²) in [5.74, 6) is 1.14. The predicted octanol–water partition coefficient (Wildman–Crippen LogP) is 6.69. The molecule has 0 fully saturated rings. The van der Waals surface area contributed by atoms with E-state index in [-0.39, 0.29) is 11.6 Å². The molecule has 0 aromatic heterocycles. The van der Waals surface area contributed by atoms with Gasteiger partial charge in [-0.3, -0.25) is 19.6 Å². The summed E-state index contributed by atoms with van der Waals surface area (Å²) in [7, 11) is 0. The molecule has 2 aliphatic carbocycles. The standard InChI is InChI=1S/C36H28N6O2/c1-21-3-11-29-31(15-21)41-35(39-29)27-17-25(9-13-33(27)43)37-19-23-5-7-24(8-6-23)20-38-26-10-14-34(44)28(18-26)36-40-30-12-4-22(2)16-32(30)42-36/h3-20,39-42H,1-2H3. The number of allylic oxidation sites excluding steroid dienone is 8. The third kappa shape index (κ3) is 5.44. The van der Waals surface area contributed by atoms with Crippen molar-refractivity contribution in [2.24, 2.45) is 9.98 Å². The van der Waals surface area contributed by atoms with E-state index in [1.165, 1.54) is 12.2 Å². The van der Waals surface area contributed by atoms with E-state index in [1.54, 1.807) is 36.7 Å². The van der Waals surface area contributed by atoms with Gasteiger partial charge in [0.2, 0.25) is 0 Å². The van der Waals surface area contributed by atoms with Gasteiger partial charge in [-0.15, -0.1) is 0 Å². The summed E-state index contributed by atoms with van der Waals surface area (Å²) in [5, 5.41) is 13.2. The number of benzene rings is 3. The number of nitrogens with zero attached hydrogens (tertiary/aromatic N) is 2. The number of carbonyl (C=O) groups is 2. The van der Waals surface area contributed by atoms with Crippen molar-refractivity contribution in [2.45, 2.75) is 13.8 Å². The van der Waals surface area contributed by atoms with E-state index < -0.39 is 0 Å². The molecule has 0 bridgehead atoms. The van der Waals surface area contributed by atoms with Gasteiger partial charge in [0.1, 0.15) is 11.6 Å². The smallest absolute Gasteiger partial charge is 0.189 e. The molecule has 0 atom stereocenters. The summed E-state index contributed by atoms with van der Waals surface area (Å²) in [6, 6.07) is 19.9. The summed E-state index contributed by atoms with van der Waals surface area (Å²) in [6.07, 6.45) is 13.6. The normalized spacial score (nSPS) is 20.2. The van der Waals surface area contributed by atoms with E-state index >= 15 is 0 Å². The fraction of sp³-hybridized carbons (Fsp3) is 0.0556. The molecule has 8 nitrogen and oxygen atoms in total. The molecule has 0 spiro atoms. The van der Waals surface area contributed by atoms with Gasteiger partial charge in [-0.05, 0) is 96.8 Å². The second-order valence-electron chi connectivity index (χ2n) is 10.9. The third-order valence-electron chi connectivity index (χ3n) is 7.52. The number of rotatable bonds is 4. The fourth-order valence-corrected chi connectivity index (χ4v) is 5.17. The Balaban J connectivity index is 1.03. The molecule has 4 N–H and O–H groups in total. The van der Waals surface area contributed by atoms with Crippen LogP contribution in [0.15, 0.2) is 141 Å². The number of ketones is 2. The molecule has 214 valence electrons. The van der Waals surface area contributed by atoms with Gasteiger partial charge in [-0.1, -0.05) is 36.4 Å². The Labute approximate surface area is 254 Å². The molecule has 3 aromatic rings. The first kappa shape index (κ1) is 26.9. The third-order valence-corrected chi connectivity index (χ3v) is 7.52. The highest BCUT2D eigenvalue weighted by atomic mass is 16.1. The van der Waals surface area contributed by atoms with Crippen molar-refractivity contribution in [1.82, 2.24) is 0 Å². The fourth-order valence-electron chi connectivity index (χ4n) is 5.17. The Morgan fingerprint density at radius 2 is 0.932 bits per heavy atom. The molecule has 8 heteroatoms. The first-order valence-electron chi connectivity index (χ1n) is 14.2. The largest absolute Gasteiger partial charge is 0.339 e. The van der Waals surface area contributed by atoms with Crippen LogP contribution in [0.1, 0.15) is 22.3 Å². The van der Waals surface area contributed by atoms with Gasteiger partial charge in [0.15, 0.2) is 11.6 Å². The lowest BCUT2D eigenvalue weighted by molar-refractivity contribution is -0.111. The highest BCUT2D eigenvalue weighted by Crippen LogP contribution is 2.35. The van der Waals surface area contributed by atoms with Crippen LogP contribution in [-0.4, -0.2) is 24.0 Å². The van der Waals surface area contributed by atoms with Crippen LogP contribution in [0.5, 0.6) is 0 Å². The van der Waals surface area contributed by atoms with Crippen LogP contribution in [0.2, 0.25) is 0 Å². The van der Waals surface area contributed by atoms with E-state index in [1.807, 2.05) is 74.5 Å². The average Bonchev–Trinajstić information content (AvgIpc) is 3.64. The average molecular weight is 577 g/mol. The van der Waals surface area contributed by atoms with Gasteiger partial charge in [-0.2, -0.15) is 0 Å². The van der Waals surface area contributed by atoms with Crippen molar-refractivity contribution in [2.75, 3.05) is 21.3 Å². The van der Waals surface area contributed by atoms with Crippen molar-refractivity contribution in [1.29, 1.82) is 0 Å². The Bertz CT molecular complexity index is 1860. The number of nitrogens with one attached hydrogen (secondary N) is 4. The molecule has 2 aliphatic heterocycles. The van der Waals surface area contributed by atoms with E-state index in [0.717, 1.165) is 45.0 Å². The molecule has 0 saturated heterocycles. The first-order valence-corrected chi connectivity index (χ1v) is 14.2. The maximum atomic E-state index is 12.6. The molecular formula is C36H28N6O2. The van der Waals surface area contributed by atoms with Gasteiger partial charge in [-0.25, -0.2) is 0 Å². The van der Waals surface area contributed by atoms with Crippen molar-refractivity contribution < 1.29 is 9.59 Å². The summed E-state index contributed by atoms with van der Waals surface area (Å²) in [5.41, 5.74) is 10.3. The van der Waals surface area contributed by atoms with Crippen molar-refractivity contribution >= 4 is 46.7 Å². The van der Waals surface area contributed by atoms with Crippen molar-refractivity contribution in [3.63, 3.8) is 0 Å². The number of fused-ring (bicyclic) bond motifs is 2. The molecule has 0 unspecified atom stereocenters. The number of hydrogen-bond donors (Lipinski definition) is 4. The first-order chi connectivity index (χ1) is 21.4. The van der Waals surface area contributed by atoms with Crippen LogP contribution in [0.25, 0.3) is 0 Å². The lowest BCUT2D eigenvalue weighted by Crippen LogP contribution is -2.12. The maximum absolute atomic E-state index is 12.6. The molecule has 2 heterocycles. The van der Waals surface area contributed by atoms with Crippen LogP contribution >= 0.6 is 0 Å². The Kier molecular flexibility index (Phi) is 6.71.